The number of rotatable bonds is 3. The van der Waals surface area contributed by atoms with Crippen LogP contribution in [0.4, 0.5) is 4.39 Å². The van der Waals surface area contributed by atoms with Crippen LogP contribution >= 0.6 is 0 Å². The van der Waals surface area contributed by atoms with E-state index in [0.29, 0.717) is 5.92 Å². The average Bonchev–Trinajstić information content (AvgIpc) is 3.26. The normalized spacial score (nSPS) is 20.2. The van der Waals surface area contributed by atoms with Crippen LogP contribution in [0.2, 0.25) is 0 Å². The summed E-state index contributed by atoms with van der Waals surface area (Å²) < 4.78 is 27.3. The van der Waals surface area contributed by atoms with E-state index in [4.69, 9.17) is 14.5 Å². The van der Waals surface area contributed by atoms with E-state index in [1.54, 1.807) is 0 Å². The molecule has 0 bridgehead atoms. The van der Waals surface area contributed by atoms with Gasteiger partial charge in [-0.2, -0.15) is 5.10 Å². The monoisotopic (exact) mass is 431 g/mol. The van der Waals surface area contributed by atoms with E-state index in [2.05, 4.69) is 17.2 Å². The molecule has 1 atom stereocenters. The smallest absolute Gasteiger partial charge is 0.150 e. The van der Waals surface area contributed by atoms with Gasteiger partial charge < -0.3 is 9.47 Å². The van der Waals surface area contributed by atoms with Gasteiger partial charge in [-0.05, 0) is 67.3 Å². The van der Waals surface area contributed by atoms with Crippen molar-refractivity contribution < 1.29 is 13.9 Å². The Bertz CT molecular complexity index is 1260. The Morgan fingerprint density at radius 2 is 1.75 bits per heavy atom. The van der Waals surface area contributed by atoms with Crippen molar-refractivity contribution in [3.8, 4) is 11.1 Å². The third-order valence-electron chi connectivity index (χ3n) is 6.80. The molecular weight excluding hydrogens is 405 g/mol. The molecule has 0 saturated carbocycles. The number of benzene rings is 2. The van der Waals surface area contributed by atoms with Crippen molar-refractivity contribution in [1.29, 1.82) is 0 Å². The van der Waals surface area contributed by atoms with Crippen LogP contribution < -0.4 is 0 Å². The van der Waals surface area contributed by atoms with Gasteiger partial charge in [-0.25, -0.2) is 9.07 Å². The van der Waals surface area contributed by atoms with Crippen LogP contribution in [0.3, 0.4) is 0 Å². The molecule has 0 spiro atoms. The summed E-state index contributed by atoms with van der Waals surface area (Å²) in [6.07, 6.45) is 9.04. The van der Waals surface area contributed by atoms with Crippen LogP contribution in [0.5, 0.6) is 0 Å². The number of fused-ring (bicyclic) bond motifs is 2. The summed E-state index contributed by atoms with van der Waals surface area (Å²) in [6.45, 7) is 2.28. The molecule has 6 heteroatoms. The van der Waals surface area contributed by atoms with Crippen molar-refractivity contribution in [2.24, 2.45) is 0 Å². The summed E-state index contributed by atoms with van der Waals surface area (Å²) >= 11 is 0. The number of halogens is 1. The zero-order valence-corrected chi connectivity index (χ0v) is 18.0. The molecule has 0 radical (unpaired) electrons. The van der Waals surface area contributed by atoms with Crippen LogP contribution in [0.25, 0.3) is 32.8 Å². The lowest BCUT2D eigenvalue weighted by atomic mass is 9.87. The molecule has 4 heterocycles. The first-order valence-electron chi connectivity index (χ1n) is 11.5. The molecule has 32 heavy (non-hydrogen) atoms. The summed E-state index contributed by atoms with van der Waals surface area (Å²) in [6, 6.07) is 11.2. The maximum atomic E-state index is 13.7. The fraction of sp³-hybridized carbons (Fsp3) is 0.385. The number of ether oxygens (including phenoxy) is 2. The zero-order valence-electron chi connectivity index (χ0n) is 18.0. The van der Waals surface area contributed by atoms with E-state index in [-0.39, 0.29) is 12.0 Å². The second-order valence-electron chi connectivity index (χ2n) is 8.82. The van der Waals surface area contributed by atoms with Crippen molar-refractivity contribution in [2.45, 2.75) is 44.2 Å². The second kappa shape index (κ2) is 8.26. The first-order chi connectivity index (χ1) is 15.8. The summed E-state index contributed by atoms with van der Waals surface area (Å²) in [4.78, 5) is 4.95. The number of hydrogen-bond acceptors (Lipinski definition) is 4. The SMILES string of the molecule is Fc1ccc(-c2c(C3CCOCC3)ncc3cc4c(cnn4C4CCCCO4)cc23)cc1. The van der Waals surface area contributed by atoms with E-state index in [1.807, 2.05) is 29.2 Å². The quantitative estimate of drug-likeness (QED) is 0.400. The van der Waals surface area contributed by atoms with Crippen molar-refractivity contribution in [2.75, 3.05) is 19.8 Å². The Hall–Kier alpha value is -2.83. The van der Waals surface area contributed by atoms with Crippen LogP contribution in [-0.4, -0.2) is 34.6 Å². The van der Waals surface area contributed by atoms with Crippen LogP contribution in [0.15, 0.2) is 48.8 Å². The number of nitrogens with zero attached hydrogens (tertiary/aromatic N) is 3. The summed E-state index contributed by atoms with van der Waals surface area (Å²) in [5.41, 5.74) is 4.23. The standard InChI is InChI=1S/C26H26FN3O2/c27-21-6-4-17(5-7-21)25-22-13-20-16-29-30(24-3-1-2-10-32-24)23(20)14-19(22)15-28-26(25)18-8-11-31-12-9-18/h4-7,13-16,18,24H,1-3,8-12H2. The number of hydrogen-bond donors (Lipinski definition) is 0. The third kappa shape index (κ3) is 3.48. The first kappa shape index (κ1) is 19.8. The van der Waals surface area contributed by atoms with Crippen molar-refractivity contribution in [3.63, 3.8) is 0 Å². The van der Waals surface area contributed by atoms with E-state index < -0.39 is 0 Å². The van der Waals surface area contributed by atoms with Crippen molar-refractivity contribution >= 4 is 21.7 Å². The maximum Gasteiger partial charge on any atom is 0.150 e. The van der Waals surface area contributed by atoms with E-state index in [1.165, 1.54) is 12.1 Å². The van der Waals surface area contributed by atoms with E-state index in [0.717, 1.165) is 90.4 Å². The van der Waals surface area contributed by atoms with Gasteiger partial charge in [-0.15, -0.1) is 0 Å². The second-order valence-corrected chi connectivity index (χ2v) is 8.82. The molecule has 2 aliphatic rings. The Kier molecular flexibility index (Phi) is 5.12. The van der Waals surface area contributed by atoms with Gasteiger partial charge in [-0.3, -0.25) is 4.98 Å². The largest absolute Gasteiger partial charge is 0.381 e. The van der Waals surface area contributed by atoms with Crippen LogP contribution in [0.1, 0.15) is 49.9 Å². The van der Waals surface area contributed by atoms with Crippen molar-refractivity contribution in [3.05, 3.63) is 60.3 Å². The van der Waals surface area contributed by atoms with Gasteiger partial charge >= 0.3 is 0 Å². The van der Waals surface area contributed by atoms with Gasteiger partial charge in [0.1, 0.15) is 5.82 Å². The van der Waals surface area contributed by atoms with Crippen LogP contribution in [-0.2, 0) is 9.47 Å². The molecule has 2 fully saturated rings. The Labute approximate surface area is 186 Å². The lowest BCUT2D eigenvalue weighted by Crippen LogP contribution is -2.19. The predicted molar refractivity (Wildman–Crippen MR) is 122 cm³/mol. The third-order valence-corrected chi connectivity index (χ3v) is 6.80. The molecule has 164 valence electrons. The summed E-state index contributed by atoms with van der Waals surface area (Å²) in [5.74, 6) is 0.105. The highest BCUT2D eigenvalue weighted by Gasteiger charge is 2.24. The van der Waals surface area contributed by atoms with Gasteiger partial charge in [-0.1, -0.05) is 12.1 Å². The van der Waals surface area contributed by atoms with Gasteiger partial charge in [0.25, 0.3) is 0 Å². The molecular formula is C26H26FN3O2. The van der Waals surface area contributed by atoms with Crippen molar-refractivity contribution in [1.82, 2.24) is 14.8 Å². The summed E-state index contributed by atoms with van der Waals surface area (Å²) in [7, 11) is 0. The predicted octanol–water partition coefficient (Wildman–Crippen LogP) is 5.98. The molecule has 0 N–H and O–H groups in total. The van der Waals surface area contributed by atoms with E-state index >= 15 is 0 Å². The minimum atomic E-state index is -0.231. The molecule has 2 aliphatic heterocycles. The highest BCUT2D eigenvalue weighted by atomic mass is 19.1. The zero-order chi connectivity index (χ0) is 21.5. The Morgan fingerprint density at radius 3 is 2.53 bits per heavy atom. The molecule has 0 aliphatic carbocycles. The van der Waals surface area contributed by atoms with Gasteiger partial charge in [0.2, 0.25) is 0 Å². The molecule has 5 nitrogen and oxygen atoms in total. The highest BCUT2D eigenvalue weighted by molar-refractivity contribution is 6.04. The number of aromatic nitrogens is 3. The molecule has 6 rings (SSSR count). The molecule has 4 aromatic rings. The highest BCUT2D eigenvalue weighted by Crippen LogP contribution is 2.40. The molecule has 2 aromatic carbocycles. The lowest BCUT2D eigenvalue weighted by Gasteiger charge is -2.25. The Balaban J connectivity index is 1.55. The van der Waals surface area contributed by atoms with E-state index in [9.17, 15) is 4.39 Å². The summed E-state index contributed by atoms with van der Waals surface area (Å²) in [5, 5.41) is 7.95. The van der Waals surface area contributed by atoms with Gasteiger partial charge in [0.15, 0.2) is 6.23 Å². The Morgan fingerprint density at radius 1 is 0.906 bits per heavy atom. The minimum Gasteiger partial charge on any atom is -0.381 e. The lowest BCUT2D eigenvalue weighted by molar-refractivity contribution is -0.0366. The van der Waals surface area contributed by atoms with Crippen LogP contribution in [0, 0.1) is 5.82 Å². The topological polar surface area (TPSA) is 49.2 Å². The van der Waals surface area contributed by atoms with Gasteiger partial charge in [0, 0.05) is 48.3 Å². The fourth-order valence-corrected chi connectivity index (χ4v) is 5.12. The minimum absolute atomic E-state index is 0.00950. The maximum absolute atomic E-state index is 13.7. The molecule has 2 saturated heterocycles. The fourth-order valence-electron chi connectivity index (χ4n) is 5.12. The first-order valence-corrected chi connectivity index (χ1v) is 11.5. The molecule has 0 amide bonds. The number of pyridine rings is 1. The van der Waals surface area contributed by atoms with Gasteiger partial charge in [0.05, 0.1) is 17.4 Å². The molecule has 2 aromatic heterocycles. The molecule has 1 unspecified atom stereocenters. The average molecular weight is 432 g/mol.